The van der Waals surface area contributed by atoms with Gasteiger partial charge in [0.1, 0.15) is 6.61 Å². The molecule has 0 bridgehead atoms. The zero-order valence-electron chi connectivity index (χ0n) is 12.6. The quantitative estimate of drug-likeness (QED) is 0.834. The van der Waals surface area contributed by atoms with Crippen LogP contribution in [0.5, 0.6) is 0 Å². The average Bonchev–Trinajstić information content (AvgIpc) is 2.87. The van der Waals surface area contributed by atoms with Crippen LogP contribution in [0.1, 0.15) is 32.1 Å². The zero-order chi connectivity index (χ0) is 14.7. The topological polar surface area (TPSA) is 61.9 Å². The van der Waals surface area contributed by atoms with Crippen molar-refractivity contribution in [2.45, 2.75) is 38.1 Å². The number of nitrogens with one attached hydrogen (secondary N) is 1. The van der Waals surface area contributed by atoms with Crippen LogP contribution in [0, 0.1) is 5.92 Å². The highest BCUT2D eigenvalue weighted by atomic mass is 16.6. The van der Waals surface area contributed by atoms with Crippen LogP contribution in [0.25, 0.3) is 0 Å². The van der Waals surface area contributed by atoms with Crippen molar-refractivity contribution >= 4 is 12.0 Å². The highest BCUT2D eigenvalue weighted by Gasteiger charge is 2.37. The maximum absolute atomic E-state index is 12.0. The minimum atomic E-state index is -0.207. The van der Waals surface area contributed by atoms with Crippen LogP contribution in [-0.4, -0.2) is 67.2 Å². The van der Waals surface area contributed by atoms with Gasteiger partial charge in [-0.15, -0.1) is 0 Å². The Morgan fingerprint density at radius 1 is 1.24 bits per heavy atom. The predicted octanol–water partition coefficient (Wildman–Crippen LogP) is 0.819. The molecule has 1 saturated carbocycles. The van der Waals surface area contributed by atoms with Gasteiger partial charge in [0, 0.05) is 26.2 Å². The molecule has 2 amide bonds. The molecule has 1 aliphatic carbocycles. The first-order valence-corrected chi connectivity index (χ1v) is 8.15. The fourth-order valence-corrected chi connectivity index (χ4v) is 3.61. The van der Waals surface area contributed by atoms with Crippen molar-refractivity contribution < 1.29 is 14.3 Å². The minimum Gasteiger partial charge on any atom is -0.447 e. The number of piperazine rings is 1. The monoisotopic (exact) mass is 295 g/mol. The third-order valence-corrected chi connectivity index (χ3v) is 4.88. The van der Waals surface area contributed by atoms with Crippen LogP contribution in [0.3, 0.4) is 0 Å². The van der Waals surface area contributed by atoms with E-state index in [1.54, 1.807) is 4.90 Å². The van der Waals surface area contributed by atoms with Gasteiger partial charge in [-0.05, 0) is 18.8 Å². The van der Waals surface area contributed by atoms with Gasteiger partial charge in [0.05, 0.1) is 12.6 Å². The van der Waals surface area contributed by atoms with Crippen LogP contribution >= 0.6 is 0 Å². The molecule has 0 aromatic carbocycles. The van der Waals surface area contributed by atoms with Crippen molar-refractivity contribution in [1.29, 1.82) is 0 Å². The van der Waals surface area contributed by atoms with Crippen LogP contribution in [0.15, 0.2) is 0 Å². The first kappa shape index (κ1) is 14.6. The van der Waals surface area contributed by atoms with E-state index in [1.807, 2.05) is 0 Å². The second-order valence-corrected chi connectivity index (χ2v) is 6.47. The average molecular weight is 295 g/mol. The molecule has 6 nitrogen and oxygen atoms in total. The summed E-state index contributed by atoms with van der Waals surface area (Å²) in [5.74, 6) is 0.777. The molecular weight excluding hydrogens is 270 g/mol. The lowest BCUT2D eigenvalue weighted by atomic mass is 9.89. The van der Waals surface area contributed by atoms with E-state index in [-0.39, 0.29) is 18.0 Å². The number of amides is 2. The molecule has 0 aromatic rings. The Balaban J connectivity index is 1.38. The molecule has 0 aromatic heterocycles. The van der Waals surface area contributed by atoms with E-state index < -0.39 is 0 Å². The number of fused-ring (bicyclic) bond motifs is 1. The molecule has 21 heavy (non-hydrogen) atoms. The fraction of sp³-hybridized carbons (Fsp3) is 0.867. The summed E-state index contributed by atoms with van der Waals surface area (Å²) >= 11 is 0. The lowest BCUT2D eigenvalue weighted by molar-refractivity contribution is -0.123. The van der Waals surface area contributed by atoms with Gasteiger partial charge in [-0.25, -0.2) is 4.79 Å². The van der Waals surface area contributed by atoms with Gasteiger partial charge in [-0.2, -0.15) is 0 Å². The number of hydrogen-bond acceptors (Lipinski definition) is 4. The van der Waals surface area contributed by atoms with Gasteiger partial charge in [-0.1, -0.05) is 19.3 Å². The van der Waals surface area contributed by atoms with E-state index in [1.165, 1.54) is 32.1 Å². The summed E-state index contributed by atoms with van der Waals surface area (Å²) in [7, 11) is 0. The smallest absolute Gasteiger partial charge is 0.410 e. The van der Waals surface area contributed by atoms with Crippen molar-refractivity contribution in [2.24, 2.45) is 5.92 Å². The van der Waals surface area contributed by atoms with Gasteiger partial charge < -0.3 is 10.1 Å². The molecule has 3 rings (SSSR count). The maximum Gasteiger partial charge on any atom is 0.410 e. The number of nitrogens with zero attached hydrogens (tertiary/aromatic N) is 2. The third-order valence-electron chi connectivity index (χ3n) is 4.88. The molecule has 1 atom stereocenters. The summed E-state index contributed by atoms with van der Waals surface area (Å²) in [4.78, 5) is 27.4. The fourth-order valence-electron chi connectivity index (χ4n) is 3.61. The van der Waals surface area contributed by atoms with Crippen molar-refractivity contribution in [3.05, 3.63) is 0 Å². The molecule has 0 spiro atoms. The van der Waals surface area contributed by atoms with Gasteiger partial charge >= 0.3 is 6.09 Å². The van der Waals surface area contributed by atoms with E-state index in [4.69, 9.17) is 4.74 Å². The van der Waals surface area contributed by atoms with Crippen LogP contribution in [0.2, 0.25) is 0 Å². The van der Waals surface area contributed by atoms with Crippen LogP contribution in [0.4, 0.5) is 4.79 Å². The number of hydrogen-bond donors (Lipinski definition) is 1. The lowest BCUT2D eigenvalue weighted by Gasteiger charge is -2.34. The number of carbonyl (C=O) groups is 2. The summed E-state index contributed by atoms with van der Waals surface area (Å²) < 4.78 is 5.04. The van der Waals surface area contributed by atoms with Gasteiger partial charge in [0.2, 0.25) is 5.91 Å². The van der Waals surface area contributed by atoms with Crippen LogP contribution in [-0.2, 0) is 9.53 Å². The Morgan fingerprint density at radius 3 is 2.86 bits per heavy atom. The molecule has 2 heterocycles. The first-order chi connectivity index (χ1) is 10.2. The predicted molar refractivity (Wildman–Crippen MR) is 77.9 cm³/mol. The standard InChI is InChI=1S/C15H25N3O3/c19-14(16-8-12-4-2-1-3-5-12)10-17-6-7-18-13(9-17)11-21-15(18)20/h12-13H,1-11H2,(H,16,19). The molecule has 0 radical (unpaired) electrons. The zero-order valence-corrected chi connectivity index (χ0v) is 12.6. The molecule has 1 unspecified atom stereocenters. The van der Waals surface area contributed by atoms with E-state index in [0.717, 1.165) is 19.6 Å². The van der Waals surface area contributed by atoms with E-state index in [0.29, 0.717) is 25.6 Å². The molecule has 118 valence electrons. The highest BCUT2D eigenvalue weighted by Crippen LogP contribution is 2.22. The Labute approximate surface area is 125 Å². The summed E-state index contributed by atoms with van der Waals surface area (Å²) in [6.07, 6.45) is 6.25. The molecule has 6 heteroatoms. The Bertz CT molecular complexity index is 396. The Kier molecular flexibility index (Phi) is 4.63. The third kappa shape index (κ3) is 3.67. The SMILES string of the molecule is O=C(CN1CCN2C(=O)OCC2C1)NCC1CCCCC1. The second kappa shape index (κ2) is 6.64. The Hall–Kier alpha value is -1.30. The maximum atomic E-state index is 12.0. The molecule has 2 aliphatic heterocycles. The summed E-state index contributed by atoms with van der Waals surface area (Å²) in [5, 5.41) is 3.08. The van der Waals surface area contributed by atoms with Crippen molar-refractivity contribution in [3.8, 4) is 0 Å². The van der Waals surface area contributed by atoms with Gasteiger partial charge in [0.25, 0.3) is 0 Å². The number of carbonyl (C=O) groups excluding carboxylic acids is 2. The van der Waals surface area contributed by atoms with Gasteiger partial charge in [0.15, 0.2) is 0 Å². The van der Waals surface area contributed by atoms with E-state index in [2.05, 4.69) is 10.2 Å². The van der Waals surface area contributed by atoms with Crippen molar-refractivity contribution in [2.75, 3.05) is 39.3 Å². The number of cyclic esters (lactones) is 1. The summed E-state index contributed by atoms with van der Waals surface area (Å²) in [6.45, 7) is 3.87. The summed E-state index contributed by atoms with van der Waals surface area (Å²) in [6, 6.07) is 0.123. The van der Waals surface area contributed by atoms with Crippen LogP contribution < -0.4 is 5.32 Å². The normalized spacial score (nSPS) is 27.3. The number of ether oxygens (including phenoxy) is 1. The Morgan fingerprint density at radius 2 is 2.05 bits per heavy atom. The largest absolute Gasteiger partial charge is 0.447 e. The molecule has 3 aliphatic rings. The summed E-state index contributed by atoms with van der Waals surface area (Å²) in [5.41, 5.74) is 0. The first-order valence-electron chi connectivity index (χ1n) is 8.15. The van der Waals surface area contributed by atoms with Gasteiger partial charge in [-0.3, -0.25) is 14.6 Å². The van der Waals surface area contributed by atoms with Crippen molar-refractivity contribution in [1.82, 2.24) is 15.1 Å². The second-order valence-electron chi connectivity index (χ2n) is 6.47. The molecule has 3 fully saturated rings. The molecule has 1 N–H and O–H groups in total. The molecule has 2 saturated heterocycles. The van der Waals surface area contributed by atoms with E-state index >= 15 is 0 Å². The van der Waals surface area contributed by atoms with Crippen molar-refractivity contribution in [3.63, 3.8) is 0 Å². The lowest BCUT2D eigenvalue weighted by Crippen LogP contribution is -2.54. The minimum absolute atomic E-state index is 0.110. The molecular formula is C15H25N3O3. The number of rotatable bonds is 4. The van der Waals surface area contributed by atoms with E-state index in [9.17, 15) is 9.59 Å². The highest BCUT2D eigenvalue weighted by molar-refractivity contribution is 5.78.